The lowest BCUT2D eigenvalue weighted by Gasteiger charge is -2.15. The van der Waals surface area contributed by atoms with Crippen LogP contribution in [0.1, 0.15) is 11.3 Å². The third-order valence-electron chi connectivity index (χ3n) is 4.36. The van der Waals surface area contributed by atoms with E-state index in [9.17, 15) is 0 Å². The summed E-state index contributed by atoms with van der Waals surface area (Å²) in [6.07, 6.45) is 5.52. The van der Waals surface area contributed by atoms with Crippen molar-refractivity contribution in [1.29, 1.82) is 0 Å². The first kappa shape index (κ1) is 18.1. The Balaban J connectivity index is 1.86. The first-order valence-electron chi connectivity index (χ1n) is 8.91. The molecule has 0 saturated heterocycles. The Kier molecular flexibility index (Phi) is 6.02. The van der Waals surface area contributed by atoms with Crippen LogP contribution in [0.2, 0.25) is 0 Å². The summed E-state index contributed by atoms with van der Waals surface area (Å²) in [6.45, 7) is 1.85. The molecule has 0 atom stereocenters. The second-order valence-electron chi connectivity index (χ2n) is 6.63. The van der Waals surface area contributed by atoms with Gasteiger partial charge in [0.2, 0.25) is 0 Å². The highest BCUT2D eigenvalue weighted by Crippen LogP contribution is 2.27. The second kappa shape index (κ2) is 8.63. The van der Waals surface area contributed by atoms with Crippen molar-refractivity contribution in [2.45, 2.75) is 12.8 Å². The van der Waals surface area contributed by atoms with E-state index >= 15 is 0 Å². The maximum absolute atomic E-state index is 5.39. The van der Waals surface area contributed by atoms with Crippen LogP contribution in [-0.2, 0) is 12.8 Å². The maximum Gasteiger partial charge on any atom is 0.119 e. The fraction of sp³-hybridized carbons (Fsp3) is 0.333. The van der Waals surface area contributed by atoms with E-state index in [1.165, 1.54) is 5.56 Å². The van der Waals surface area contributed by atoms with Crippen molar-refractivity contribution in [3.63, 3.8) is 0 Å². The largest absolute Gasteiger partial charge is 0.497 e. The normalized spacial score (nSPS) is 11.1. The fourth-order valence-corrected chi connectivity index (χ4v) is 2.90. The summed E-state index contributed by atoms with van der Waals surface area (Å²) >= 11 is 0. The molecule has 1 aromatic carbocycles. The zero-order valence-corrected chi connectivity index (χ0v) is 15.7. The van der Waals surface area contributed by atoms with E-state index in [4.69, 9.17) is 9.72 Å². The summed E-state index contributed by atoms with van der Waals surface area (Å²) in [6, 6.07) is 12.3. The number of anilines is 1. The van der Waals surface area contributed by atoms with Crippen LogP contribution in [0, 0.1) is 0 Å². The number of hydrogen-bond acceptors (Lipinski definition) is 5. The molecule has 0 aliphatic heterocycles. The number of benzene rings is 1. The van der Waals surface area contributed by atoms with Gasteiger partial charge in [0.1, 0.15) is 5.75 Å². The van der Waals surface area contributed by atoms with Crippen LogP contribution in [0.15, 0.2) is 48.8 Å². The van der Waals surface area contributed by atoms with Gasteiger partial charge < -0.3 is 15.0 Å². The van der Waals surface area contributed by atoms with Crippen molar-refractivity contribution in [3.8, 4) is 5.75 Å². The monoisotopic (exact) mass is 350 g/mol. The van der Waals surface area contributed by atoms with E-state index in [1.54, 1.807) is 7.11 Å². The molecule has 0 bridgehead atoms. The Hall–Kier alpha value is -2.66. The molecule has 5 heteroatoms. The van der Waals surface area contributed by atoms with Crippen LogP contribution < -0.4 is 10.1 Å². The molecule has 0 radical (unpaired) electrons. The molecule has 26 heavy (non-hydrogen) atoms. The van der Waals surface area contributed by atoms with Crippen molar-refractivity contribution in [3.05, 3.63) is 60.0 Å². The average Bonchev–Trinajstić information content (AvgIpc) is 2.66. The third kappa shape index (κ3) is 4.70. The van der Waals surface area contributed by atoms with Gasteiger partial charge in [-0.25, -0.2) is 0 Å². The van der Waals surface area contributed by atoms with Gasteiger partial charge in [0, 0.05) is 42.3 Å². The van der Waals surface area contributed by atoms with Gasteiger partial charge in [-0.2, -0.15) is 0 Å². The number of methoxy groups -OCH3 is 1. The summed E-state index contributed by atoms with van der Waals surface area (Å²) in [5.41, 5.74) is 4.47. The molecule has 136 valence electrons. The van der Waals surface area contributed by atoms with Crippen LogP contribution >= 0.6 is 0 Å². The van der Waals surface area contributed by atoms with Crippen molar-refractivity contribution < 1.29 is 4.74 Å². The summed E-state index contributed by atoms with van der Waals surface area (Å²) in [7, 11) is 5.85. The van der Waals surface area contributed by atoms with Crippen LogP contribution in [0.4, 0.5) is 5.69 Å². The number of fused-ring (bicyclic) bond motifs is 1. The Morgan fingerprint density at radius 1 is 1.04 bits per heavy atom. The molecule has 5 nitrogen and oxygen atoms in total. The quantitative estimate of drug-likeness (QED) is 0.675. The maximum atomic E-state index is 5.39. The Morgan fingerprint density at radius 2 is 1.85 bits per heavy atom. The zero-order valence-electron chi connectivity index (χ0n) is 15.7. The Bertz CT molecular complexity index is 849. The predicted molar refractivity (Wildman–Crippen MR) is 107 cm³/mol. The number of aryl methyl sites for hydroxylation is 2. The first-order chi connectivity index (χ1) is 12.7. The van der Waals surface area contributed by atoms with Crippen LogP contribution in [0.3, 0.4) is 0 Å². The minimum atomic E-state index is 0.847. The lowest BCUT2D eigenvalue weighted by molar-refractivity contribution is 0.415. The Labute approximate surface area is 155 Å². The molecule has 3 aromatic rings. The molecule has 0 spiro atoms. The molecule has 0 unspecified atom stereocenters. The highest BCUT2D eigenvalue weighted by atomic mass is 16.5. The van der Waals surface area contributed by atoms with Crippen molar-refractivity contribution in [2.24, 2.45) is 0 Å². The number of rotatable bonds is 8. The van der Waals surface area contributed by atoms with Gasteiger partial charge in [0.15, 0.2) is 0 Å². The summed E-state index contributed by atoms with van der Waals surface area (Å²) in [4.78, 5) is 11.1. The molecule has 1 N–H and O–H groups in total. The molecule has 0 aliphatic carbocycles. The number of aromatic nitrogens is 2. The van der Waals surface area contributed by atoms with Gasteiger partial charge in [-0.3, -0.25) is 9.97 Å². The SMILES string of the molecule is COc1ccc2nc(CCc3ccncc3)cc(NCCN(C)C)c2c1. The van der Waals surface area contributed by atoms with E-state index in [0.717, 1.165) is 54.0 Å². The molecule has 0 fully saturated rings. The molecular formula is C21H26N4O. The number of nitrogens with one attached hydrogen (secondary N) is 1. The number of ether oxygens (including phenoxy) is 1. The smallest absolute Gasteiger partial charge is 0.119 e. The molecule has 0 amide bonds. The van der Waals surface area contributed by atoms with Gasteiger partial charge in [-0.05, 0) is 68.9 Å². The first-order valence-corrected chi connectivity index (χ1v) is 8.91. The average molecular weight is 350 g/mol. The summed E-state index contributed by atoms with van der Waals surface area (Å²) in [5, 5.41) is 4.65. The number of nitrogens with zero attached hydrogens (tertiary/aromatic N) is 3. The second-order valence-corrected chi connectivity index (χ2v) is 6.63. The van der Waals surface area contributed by atoms with E-state index in [1.807, 2.05) is 30.6 Å². The van der Waals surface area contributed by atoms with Crippen LogP contribution in [-0.4, -0.2) is 49.2 Å². The lowest BCUT2D eigenvalue weighted by Crippen LogP contribution is -2.21. The minimum absolute atomic E-state index is 0.847. The highest BCUT2D eigenvalue weighted by molar-refractivity contribution is 5.92. The topological polar surface area (TPSA) is 50.3 Å². The van der Waals surface area contributed by atoms with Crippen molar-refractivity contribution >= 4 is 16.6 Å². The van der Waals surface area contributed by atoms with Crippen LogP contribution in [0.25, 0.3) is 10.9 Å². The van der Waals surface area contributed by atoms with Crippen molar-refractivity contribution in [1.82, 2.24) is 14.9 Å². The van der Waals surface area contributed by atoms with E-state index < -0.39 is 0 Å². The molecule has 2 heterocycles. The number of likely N-dealkylation sites (N-methyl/N-ethyl adjacent to an activating group) is 1. The molecule has 0 saturated carbocycles. The van der Waals surface area contributed by atoms with Gasteiger partial charge >= 0.3 is 0 Å². The summed E-state index contributed by atoms with van der Waals surface area (Å²) < 4.78 is 5.39. The predicted octanol–water partition coefficient (Wildman–Crippen LogP) is 3.40. The molecule has 3 rings (SSSR count). The molecule has 2 aromatic heterocycles. The third-order valence-corrected chi connectivity index (χ3v) is 4.36. The van der Waals surface area contributed by atoms with E-state index in [2.05, 4.69) is 47.5 Å². The van der Waals surface area contributed by atoms with E-state index in [0.29, 0.717) is 0 Å². The molecule has 0 aliphatic rings. The van der Waals surface area contributed by atoms with Crippen molar-refractivity contribution in [2.75, 3.05) is 39.6 Å². The minimum Gasteiger partial charge on any atom is -0.497 e. The lowest BCUT2D eigenvalue weighted by atomic mass is 10.1. The van der Waals surface area contributed by atoms with Gasteiger partial charge in [0.05, 0.1) is 12.6 Å². The van der Waals surface area contributed by atoms with Gasteiger partial charge in [0.25, 0.3) is 0 Å². The number of hydrogen-bond donors (Lipinski definition) is 1. The van der Waals surface area contributed by atoms with Gasteiger partial charge in [-0.1, -0.05) is 0 Å². The highest BCUT2D eigenvalue weighted by Gasteiger charge is 2.08. The number of pyridine rings is 2. The summed E-state index contributed by atoms with van der Waals surface area (Å²) in [5.74, 6) is 0.847. The Morgan fingerprint density at radius 3 is 2.58 bits per heavy atom. The fourth-order valence-electron chi connectivity index (χ4n) is 2.90. The standard InChI is InChI=1S/C21H26N4O/c1-25(2)13-12-23-21-14-17(5-4-16-8-10-22-11-9-16)24-20-7-6-18(26-3)15-19(20)21/h6-11,14-15H,4-5,12-13H2,1-3H3,(H,23,24). The zero-order chi connectivity index (χ0) is 18.4. The van der Waals surface area contributed by atoms with Gasteiger partial charge in [-0.15, -0.1) is 0 Å². The van der Waals surface area contributed by atoms with E-state index in [-0.39, 0.29) is 0 Å². The molecular weight excluding hydrogens is 324 g/mol. The van der Waals surface area contributed by atoms with Crippen LogP contribution in [0.5, 0.6) is 5.75 Å².